The third-order valence-electron chi connectivity index (χ3n) is 14.3. The summed E-state index contributed by atoms with van der Waals surface area (Å²) in [6, 6.07) is 68.7. The Morgan fingerprint density at radius 3 is 1.49 bits per heavy atom. The highest BCUT2D eigenvalue weighted by atomic mass is 16.3. The average Bonchev–Trinajstić information content (AvgIpc) is 4.02. The van der Waals surface area contributed by atoms with Crippen LogP contribution in [0.4, 0.5) is 17.1 Å². The molecule has 0 unspecified atom stereocenters. The first kappa shape index (κ1) is 36.1. The van der Waals surface area contributed by atoms with Crippen LogP contribution in [0.15, 0.2) is 197 Å². The molecule has 0 N–H and O–H groups in total. The van der Waals surface area contributed by atoms with Crippen molar-refractivity contribution in [1.82, 2.24) is 0 Å². The van der Waals surface area contributed by atoms with Crippen LogP contribution in [0.3, 0.4) is 0 Å². The molecule has 2 aliphatic carbocycles. The van der Waals surface area contributed by atoms with E-state index in [1.807, 2.05) is 6.07 Å². The van der Waals surface area contributed by atoms with Crippen molar-refractivity contribution in [2.24, 2.45) is 0 Å². The Labute approximate surface area is 366 Å². The molecule has 9 aromatic carbocycles. The van der Waals surface area contributed by atoms with Crippen LogP contribution in [0.2, 0.25) is 0 Å². The van der Waals surface area contributed by atoms with Crippen molar-refractivity contribution < 1.29 is 8.83 Å². The predicted octanol–water partition coefficient (Wildman–Crippen LogP) is 16.9. The molecule has 0 aliphatic heterocycles. The van der Waals surface area contributed by atoms with Gasteiger partial charge in [0.1, 0.15) is 22.3 Å². The summed E-state index contributed by atoms with van der Waals surface area (Å²) in [5, 5.41) is 4.27. The second-order valence-corrected chi connectivity index (χ2v) is 18.5. The lowest BCUT2D eigenvalue weighted by atomic mass is 9.82. The van der Waals surface area contributed by atoms with E-state index in [-0.39, 0.29) is 10.8 Å². The second kappa shape index (κ2) is 13.0. The van der Waals surface area contributed by atoms with E-state index in [0.717, 1.165) is 72.1 Å². The Bertz CT molecular complexity index is 3570. The maximum Gasteiger partial charge on any atom is 0.143 e. The van der Waals surface area contributed by atoms with Crippen LogP contribution in [0, 0.1) is 0 Å². The Hall–Kier alpha value is -7.62. The molecule has 300 valence electrons. The third kappa shape index (κ3) is 5.14. The minimum absolute atomic E-state index is 0.167. The summed E-state index contributed by atoms with van der Waals surface area (Å²) < 4.78 is 13.5. The summed E-state index contributed by atoms with van der Waals surface area (Å²) in [6.45, 7) is 9.45. The van der Waals surface area contributed by atoms with Gasteiger partial charge in [-0.1, -0.05) is 161 Å². The number of nitrogens with zero attached hydrogens (tertiary/aromatic N) is 1. The number of benzene rings is 9. The van der Waals surface area contributed by atoms with Crippen molar-refractivity contribution in [3.63, 3.8) is 0 Å². The average molecular weight is 810 g/mol. The molecule has 0 atom stereocenters. The van der Waals surface area contributed by atoms with Gasteiger partial charge in [0.05, 0.1) is 0 Å². The molecule has 3 heteroatoms. The number of rotatable bonds is 5. The molecule has 0 amide bonds. The Kier molecular flexibility index (Phi) is 7.42. The van der Waals surface area contributed by atoms with Gasteiger partial charge in [-0.3, -0.25) is 0 Å². The molecule has 2 heterocycles. The predicted molar refractivity (Wildman–Crippen MR) is 262 cm³/mol. The number of anilines is 3. The SMILES string of the molecule is CC1(C)c2ccccc2-c2ccc(N(c3ccc4c(c3)C(C)(C)c3ccccc3-4)c3cc(-c4ccc(-c5ccccc5)cc4)c4oc5ccc6oc7ccccc7c6c5c4c3)cc21. The molecular formula is C60H43NO2. The molecule has 3 nitrogen and oxygen atoms in total. The fourth-order valence-corrected chi connectivity index (χ4v) is 11.1. The molecule has 0 fully saturated rings. The minimum Gasteiger partial charge on any atom is -0.456 e. The van der Waals surface area contributed by atoms with Crippen LogP contribution in [-0.4, -0.2) is 0 Å². The highest BCUT2D eigenvalue weighted by molar-refractivity contribution is 6.27. The smallest absolute Gasteiger partial charge is 0.143 e. The van der Waals surface area contributed by atoms with E-state index in [9.17, 15) is 0 Å². The summed E-state index contributed by atoms with van der Waals surface area (Å²) in [6.07, 6.45) is 0. The molecule has 0 bridgehead atoms. The van der Waals surface area contributed by atoms with Crippen LogP contribution in [0.25, 0.3) is 88.4 Å². The summed E-state index contributed by atoms with van der Waals surface area (Å²) >= 11 is 0. The van der Waals surface area contributed by atoms with Gasteiger partial charge in [-0.05, 0) is 116 Å². The summed E-state index contributed by atoms with van der Waals surface area (Å²) in [7, 11) is 0. The van der Waals surface area contributed by atoms with Gasteiger partial charge >= 0.3 is 0 Å². The van der Waals surface area contributed by atoms with E-state index in [2.05, 4.69) is 215 Å². The fraction of sp³-hybridized carbons (Fsp3) is 0.100. The highest BCUT2D eigenvalue weighted by Crippen LogP contribution is 2.54. The zero-order chi connectivity index (χ0) is 42.2. The van der Waals surface area contributed by atoms with Crippen molar-refractivity contribution in [3.8, 4) is 44.5 Å². The van der Waals surface area contributed by atoms with Gasteiger partial charge in [0.25, 0.3) is 0 Å². The normalized spacial score (nSPS) is 14.3. The van der Waals surface area contributed by atoms with Crippen molar-refractivity contribution in [2.75, 3.05) is 4.90 Å². The van der Waals surface area contributed by atoms with E-state index < -0.39 is 0 Å². The molecule has 63 heavy (non-hydrogen) atoms. The standard InChI is InChI=1S/C60H43NO2/c1-59(2)49-19-11-8-16-42(49)44-28-26-39(34-51(44)59)61(40-27-29-45-43-17-9-12-20-50(43)60(3,4)52(45)35-40)41-32-47(38-24-22-37(23-25-38)36-14-6-5-7-15-36)58-48(33-41)57-55(63-58)31-30-54-56(57)46-18-10-13-21-53(46)62-54/h5-35H,1-4H3. The molecule has 0 saturated carbocycles. The monoisotopic (exact) mass is 809 g/mol. The molecule has 11 aromatic rings. The van der Waals surface area contributed by atoms with Gasteiger partial charge in [-0.25, -0.2) is 0 Å². The minimum atomic E-state index is -0.167. The fourth-order valence-electron chi connectivity index (χ4n) is 11.1. The van der Waals surface area contributed by atoms with Gasteiger partial charge in [0.15, 0.2) is 0 Å². The molecule has 2 aromatic heterocycles. The van der Waals surface area contributed by atoms with E-state index >= 15 is 0 Å². The number of furan rings is 2. The van der Waals surface area contributed by atoms with E-state index in [1.165, 1.54) is 55.6 Å². The molecule has 0 spiro atoms. The number of para-hydroxylation sites is 1. The van der Waals surface area contributed by atoms with E-state index in [1.54, 1.807) is 0 Å². The van der Waals surface area contributed by atoms with Gasteiger partial charge in [0, 0.05) is 55.0 Å². The number of fused-ring (bicyclic) bond motifs is 13. The van der Waals surface area contributed by atoms with Crippen LogP contribution in [0.1, 0.15) is 49.9 Å². The first-order valence-corrected chi connectivity index (χ1v) is 22.0. The molecule has 2 aliphatic rings. The van der Waals surface area contributed by atoms with Crippen molar-refractivity contribution in [3.05, 3.63) is 210 Å². The van der Waals surface area contributed by atoms with Crippen LogP contribution >= 0.6 is 0 Å². The molecule has 0 saturated heterocycles. The first-order chi connectivity index (χ1) is 30.7. The lowest BCUT2D eigenvalue weighted by Crippen LogP contribution is -2.18. The lowest BCUT2D eigenvalue weighted by Gasteiger charge is -2.30. The quantitative estimate of drug-likeness (QED) is 0.173. The Morgan fingerprint density at radius 1 is 0.333 bits per heavy atom. The zero-order valence-corrected chi connectivity index (χ0v) is 35.7. The topological polar surface area (TPSA) is 29.5 Å². The molecule has 0 radical (unpaired) electrons. The molecular weight excluding hydrogens is 767 g/mol. The summed E-state index contributed by atoms with van der Waals surface area (Å²) in [5.41, 5.74) is 21.5. The maximum atomic E-state index is 7.01. The maximum absolute atomic E-state index is 7.01. The van der Waals surface area contributed by atoms with Crippen molar-refractivity contribution in [1.29, 1.82) is 0 Å². The lowest BCUT2D eigenvalue weighted by molar-refractivity contribution is 0.660. The van der Waals surface area contributed by atoms with Crippen molar-refractivity contribution in [2.45, 2.75) is 38.5 Å². The van der Waals surface area contributed by atoms with Gasteiger partial charge < -0.3 is 13.7 Å². The highest BCUT2D eigenvalue weighted by Gasteiger charge is 2.38. The first-order valence-electron chi connectivity index (χ1n) is 22.0. The van der Waals surface area contributed by atoms with E-state index in [0.29, 0.717) is 0 Å². The van der Waals surface area contributed by atoms with Crippen LogP contribution in [-0.2, 0) is 10.8 Å². The van der Waals surface area contributed by atoms with Crippen LogP contribution < -0.4 is 4.90 Å². The second-order valence-electron chi connectivity index (χ2n) is 18.5. The summed E-state index contributed by atoms with van der Waals surface area (Å²) in [4.78, 5) is 2.48. The Balaban J connectivity index is 1.10. The number of hydrogen-bond donors (Lipinski definition) is 0. The number of hydrogen-bond acceptors (Lipinski definition) is 3. The van der Waals surface area contributed by atoms with Crippen molar-refractivity contribution >= 4 is 60.9 Å². The van der Waals surface area contributed by atoms with Gasteiger partial charge in [-0.2, -0.15) is 0 Å². The zero-order valence-electron chi connectivity index (χ0n) is 35.7. The Morgan fingerprint density at radius 2 is 0.841 bits per heavy atom. The largest absolute Gasteiger partial charge is 0.456 e. The third-order valence-corrected chi connectivity index (χ3v) is 14.3. The van der Waals surface area contributed by atoms with E-state index in [4.69, 9.17) is 8.83 Å². The van der Waals surface area contributed by atoms with Gasteiger partial charge in [0.2, 0.25) is 0 Å². The summed E-state index contributed by atoms with van der Waals surface area (Å²) in [5.74, 6) is 0. The van der Waals surface area contributed by atoms with Crippen LogP contribution in [0.5, 0.6) is 0 Å². The molecule has 13 rings (SSSR count). The van der Waals surface area contributed by atoms with Gasteiger partial charge in [-0.15, -0.1) is 0 Å².